The van der Waals surface area contributed by atoms with E-state index < -0.39 is 0 Å². The van der Waals surface area contributed by atoms with Crippen LogP contribution >= 0.6 is 0 Å². The third kappa shape index (κ3) is 1.77. The van der Waals surface area contributed by atoms with Crippen molar-refractivity contribution in [2.45, 2.75) is 12.0 Å². The van der Waals surface area contributed by atoms with Crippen molar-refractivity contribution in [2.24, 2.45) is 0 Å². The van der Waals surface area contributed by atoms with Gasteiger partial charge in [-0.15, -0.1) is 0 Å². The smallest absolute Gasteiger partial charge is 0.0886 e. The number of nitrogens with zero attached hydrogens (tertiary/aromatic N) is 1. The number of hydrogen-bond donors (Lipinski definition) is 1. The Bertz CT molecular complexity index is 367. The molecule has 16 heavy (non-hydrogen) atoms. The highest BCUT2D eigenvalue weighted by atomic mass is 16.5. The lowest BCUT2D eigenvalue weighted by Gasteiger charge is -2.35. The second-order valence-electron chi connectivity index (χ2n) is 4.47. The van der Waals surface area contributed by atoms with E-state index in [-0.39, 0.29) is 5.54 Å². The molecular weight excluding hydrogens is 200 g/mol. The van der Waals surface area contributed by atoms with Gasteiger partial charge in [0.25, 0.3) is 0 Å². The number of hydrogen-bond acceptors (Lipinski definition) is 3. The first-order valence-electron chi connectivity index (χ1n) is 5.56. The van der Waals surface area contributed by atoms with Gasteiger partial charge in [-0.05, 0) is 26.1 Å². The van der Waals surface area contributed by atoms with E-state index in [1.165, 1.54) is 0 Å². The van der Waals surface area contributed by atoms with Crippen molar-refractivity contribution >= 4 is 5.71 Å². The summed E-state index contributed by atoms with van der Waals surface area (Å²) in [5.74, 6) is 0. The third-order valence-electron chi connectivity index (χ3n) is 3.38. The van der Waals surface area contributed by atoms with Gasteiger partial charge in [0.1, 0.15) is 0 Å². The number of benzene rings is 1. The first kappa shape index (κ1) is 11.3. The summed E-state index contributed by atoms with van der Waals surface area (Å²) in [7, 11) is 4.04. The topological polar surface area (TPSA) is 36.3 Å². The molecular formula is C13H18N2O. The van der Waals surface area contributed by atoms with Gasteiger partial charge in [-0.3, -0.25) is 4.90 Å². The maximum atomic E-state index is 8.38. The van der Waals surface area contributed by atoms with Gasteiger partial charge in [0.2, 0.25) is 0 Å². The van der Waals surface area contributed by atoms with E-state index in [0.717, 1.165) is 18.6 Å². The first-order chi connectivity index (χ1) is 7.67. The Balaban J connectivity index is 2.32. The lowest BCUT2D eigenvalue weighted by atomic mass is 9.86. The predicted molar refractivity (Wildman–Crippen MR) is 65.1 cm³/mol. The van der Waals surface area contributed by atoms with Gasteiger partial charge in [0.15, 0.2) is 0 Å². The average molecular weight is 218 g/mol. The minimum absolute atomic E-state index is 0.249. The average Bonchev–Trinajstić information content (AvgIpc) is 2.79. The van der Waals surface area contributed by atoms with Gasteiger partial charge in [0, 0.05) is 6.61 Å². The van der Waals surface area contributed by atoms with Crippen LogP contribution in [-0.4, -0.2) is 43.5 Å². The normalized spacial score (nSPS) is 24.9. The molecule has 1 aliphatic heterocycles. The zero-order valence-corrected chi connectivity index (χ0v) is 9.86. The molecule has 1 saturated heterocycles. The SMILES string of the molecule is CN(C)[C@@]1(C(=N)c2ccccc2)CCOC1. The van der Waals surface area contributed by atoms with Crippen LogP contribution in [0.2, 0.25) is 0 Å². The van der Waals surface area contributed by atoms with E-state index >= 15 is 0 Å². The van der Waals surface area contributed by atoms with Crippen molar-refractivity contribution in [1.29, 1.82) is 5.41 Å². The van der Waals surface area contributed by atoms with Crippen LogP contribution in [0.15, 0.2) is 30.3 Å². The van der Waals surface area contributed by atoms with Crippen LogP contribution in [0, 0.1) is 5.41 Å². The van der Waals surface area contributed by atoms with E-state index in [2.05, 4.69) is 4.90 Å². The Morgan fingerprint density at radius 3 is 2.50 bits per heavy atom. The Labute approximate surface area is 96.5 Å². The van der Waals surface area contributed by atoms with Crippen molar-refractivity contribution in [2.75, 3.05) is 27.3 Å². The van der Waals surface area contributed by atoms with Gasteiger partial charge in [-0.1, -0.05) is 30.3 Å². The quantitative estimate of drug-likeness (QED) is 0.785. The summed E-state index contributed by atoms with van der Waals surface area (Å²) >= 11 is 0. The minimum Gasteiger partial charge on any atom is -0.379 e. The fourth-order valence-corrected chi connectivity index (χ4v) is 2.20. The molecule has 1 fully saturated rings. The van der Waals surface area contributed by atoms with Crippen molar-refractivity contribution in [3.05, 3.63) is 35.9 Å². The van der Waals surface area contributed by atoms with Crippen molar-refractivity contribution < 1.29 is 4.74 Å². The van der Waals surface area contributed by atoms with Gasteiger partial charge in [-0.25, -0.2) is 0 Å². The largest absolute Gasteiger partial charge is 0.379 e. The highest BCUT2D eigenvalue weighted by molar-refractivity contribution is 6.05. The molecule has 86 valence electrons. The highest BCUT2D eigenvalue weighted by Crippen LogP contribution is 2.28. The highest BCUT2D eigenvalue weighted by Gasteiger charge is 2.41. The molecule has 0 amide bonds. The summed E-state index contributed by atoms with van der Waals surface area (Å²) in [6.45, 7) is 1.36. The van der Waals surface area contributed by atoms with E-state index in [9.17, 15) is 0 Å². The molecule has 1 aromatic rings. The van der Waals surface area contributed by atoms with Crippen molar-refractivity contribution in [1.82, 2.24) is 4.90 Å². The molecule has 0 bridgehead atoms. The van der Waals surface area contributed by atoms with E-state index in [4.69, 9.17) is 10.1 Å². The molecule has 1 atom stereocenters. The second kappa shape index (κ2) is 4.36. The molecule has 1 N–H and O–H groups in total. The Hall–Kier alpha value is -1.19. The van der Waals surface area contributed by atoms with Gasteiger partial charge < -0.3 is 10.1 Å². The molecule has 3 heteroatoms. The van der Waals surface area contributed by atoms with Crippen molar-refractivity contribution in [3.63, 3.8) is 0 Å². The summed E-state index contributed by atoms with van der Waals surface area (Å²) in [5, 5.41) is 8.38. The number of likely N-dealkylation sites (N-methyl/N-ethyl adjacent to an activating group) is 1. The van der Waals surface area contributed by atoms with Crippen molar-refractivity contribution in [3.8, 4) is 0 Å². The molecule has 0 radical (unpaired) electrons. The second-order valence-corrected chi connectivity index (χ2v) is 4.47. The predicted octanol–water partition coefficient (Wildman–Crippen LogP) is 1.78. The molecule has 0 aromatic heterocycles. The fraction of sp³-hybridized carbons (Fsp3) is 0.462. The molecule has 2 rings (SSSR count). The minimum atomic E-state index is -0.249. The standard InChI is InChI=1S/C13H18N2O/c1-15(2)13(8-9-16-10-13)12(14)11-6-4-3-5-7-11/h3-7,14H,8-10H2,1-2H3/t13-/m0/s1. The zero-order valence-electron chi connectivity index (χ0n) is 9.86. The van der Waals surface area contributed by atoms with E-state index in [1.807, 2.05) is 44.4 Å². The zero-order chi connectivity index (χ0) is 11.6. The fourth-order valence-electron chi connectivity index (χ4n) is 2.20. The number of rotatable bonds is 3. The van der Waals surface area contributed by atoms with Crippen LogP contribution in [0.5, 0.6) is 0 Å². The van der Waals surface area contributed by atoms with E-state index in [1.54, 1.807) is 0 Å². The van der Waals surface area contributed by atoms with Gasteiger partial charge in [-0.2, -0.15) is 0 Å². The molecule has 0 aliphatic carbocycles. The number of nitrogens with one attached hydrogen (secondary N) is 1. The molecule has 0 spiro atoms. The third-order valence-corrected chi connectivity index (χ3v) is 3.38. The summed E-state index contributed by atoms with van der Waals surface area (Å²) in [5.41, 5.74) is 1.40. The Kier molecular flexibility index (Phi) is 3.08. The lowest BCUT2D eigenvalue weighted by molar-refractivity contribution is 0.148. The summed E-state index contributed by atoms with van der Waals surface area (Å²) < 4.78 is 5.48. The van der Waals surface area contributed by atoms with Crippen LogP contribution < -0.4 is 0 Å². The molecule has 1 aliphatic rings. The van der Waals surface area contributed by atoms with E-state index in [0.29, 0.717) is 12.3 Å². The Morgan fingerprint density at radius 1 is 1.31 bits per heavy atom. The number of ether oxygens (including phenoxy) is 1. The summed E-state index contributed by atoms with van der Waals surface area (Å²) in [4.78, 5) is 2.11. The summed E-state index contributed by atoms with van der Waals surface area (Å²) in [6.07, 6.45) is 0.897. The maximum absolute atomic E-state index is 8.38. The molecule has 1 heterocycles. The Morgan fingerprint density at radius 2 is 2.00 bits per heavy atom. The molecule has 3 nitrogen and oxygen atoms in total. The van der Waals surface area contributed by atoms with Crippen LogP contribution in [0.4, 0.5) is 0 Å². The van der Waals surface area contributed by atoms with Crippen LogP contribution in [-0.2, 0) is 4.74 Å². The molecule has 1 aromatic carbocycles. The molecule has 0 saturated carbocycles. The monoisotopic (exact) mass is 218 g/mol. The lowest BCUT2D eigenvalue weighted by Crippen LogP contribution is -2.51. The van der Waals surface area contributed by atoms with Crippen LogP contribution in [0.3, 0.4) is 0 Å². The van der Waals surface area contributed by atoms with Crippen LogP contribution in [0.1, 0.15) is 12.0 Å². The summed E-state index contributed by atoms with van der Waals surface area (Å²) in [6, 6.07) is 9.91. The van der Waals surface area contributed by atoms with Gasteiger partial charge >= 0.3 is 0 Å². The first-order valence-corrected chi connectivity index (χ1v) is 5.56. The van der Waals surface area contributed by atoms with Crippen LogP contribution in [0.25, 0.3) is 0 Å². The molecule has 0 unspecified atom stereocenters. The van der Waals surface area contributed by atoms with Gasteiger partial charge in [0.05, 0.1) is 17.9 Å². The maximum Gasteiger partial charge on any atom is 0.0886 e.